The van der Waals surface area contributed by atoms with Gasteiger partial charge < -0.3 is 9.47 Å². The molecule has 0 N–H and O–H groups in total. The number of rotatable bonds is 6. The van der Waals surface area contributed by atoms with E-state index in [1.165, 1.54) is 29.2 Å². The van der Waals surface area contributed by atoms with E-state index in [-0.39, 0.29) is 33.7 Å². The van der Waals surface area contributed by atoms with Crippen LogP contribution in [-0.4, -0.2) is 23.7 Å². The zero-order chi connectivity index (χ0) is 24.9. The summed E-state index contributed by atoms with van der Waals surface area (Å²) in [6, 6.07) is 13.9. The zero-order valence-corrected chi connectivity index (χ0v) is 20.8. The minimum absolute atomic E-state index is 0.0447. The molecule has 0 saturated heterocycles. The van der Waals surface area contributed by atoms with Crippen LogP contribution in [0.25, 0.3) is 4.90 Å². The number of benzene rings is 2. The molecule has 0 aliphatic heterocycles. The molecule has 0 amide bonds. The molecule has 3 aromatic rings. The number of aryl methyl sites for hydroxylation is 2. The van der Waals surface area contributed by atoms with Crippen molar-refractivity contribution in [2.24, 2.45) is 0 Å². The summed E-state index contributed by atoms with van der Waals surface area (Å²) in [6.07, 6.45) is 0. The Morgan fingerprint density at radius 3 is 2.18 bits per heavy atom. The van der Waals surface area contributed by atoms with Gasteiger partial charge in [-0.25, -0.2) is 4.79 Å². The Kier molecular flexibility index (Phi) is 8.01. The van der Waals surface area contributed by atoms with Crippen LogP contribution in [0, 0.1) is 25.7 Å². The molecular weight excluding hydrogens is 481 g/mol. The molecular formula is C26H24F3O3S2+. The number of thiophene rings is 1. The monoisotopic (exact) mass is 505 g/mol. The SMILES string of the molecule is Cc1cc(-[s+]2cccc2)cc(C)c1OCC(=O)OC(C)(C)C#Cc1ccc(SC(F)(F)F)cc1. The number of alkyl halides is 3. The maximum atomic E-state index is 12.4. The minimum Gasteiger partial charge on any atom is -0.481 e. The summed E-state index contributed by atoms with van der Waals surface area (Å²) < 4.78 is 48.5. The van der Waals surface area contributed by atoms with Crippen LogP contribution in [0.4, 0.5) is 13.2 Å². The van der Waals surface area contributed by atoms with Gasteiger partial charge >= 0.3 is 11.5 Å². The van der Waals surface area contributed by atoms with E-state index < -0.39 is 17.1 Å². The Balaban J connectivity index is 1.59. The number of carbonyl (C=O) groups is 1. The van der Waals surface area contributed by atoms with Crippen molar-refractivity contribution in [3.05, 3.63) is 76.0 Å². The van der Waals surface area contributed by atoms with Gasteiger partial charge in [0.25, 0.3) is 0 Å². The van der Waals surface area contributed by atoms with E-state index in [1.807, 2.05) is 26.0 Å². The quantitative estimate of drug-likeness (QED) is 0.151. The van der Waals surface area contributed by atoms with Crippen LogP contribution in [-0.2, 0) is 9.53 Å². The molecule has 3 rings (SSSR count). The number of carbonyl (C=O) groups excluding carboxylic acids is 1. The van der Waals surface area contributed by atoms with Crippen LogP contribution in [0.2, 0.25) is 0 Å². The molecule has 0 radical (unpaired) electrons. The van der Waals surface area contributed by atoms with Crippen molar-refractivity contribution >= 4 is 28.2 Å². The fourth-order valence-corrected chi connectivity index (χ4v) is 5.26. The predicted molar refractivity (Wildman–Crippen MR) is 131 cm³/mol. The molecule has 178 valence electrons. The summed E-state index contributed by atoms with van der Waals surface area (Å²) in [6.45, 7) is 6.90. The first-order chi connectivity index (χ1) is 15.9. The molecule has 8 heteroatoms. The molecule has 0 aliphatic carbocycles. The van der Waals surface area contributed by atoms with Gasteiger partial charge in [0, 0.05) is 33.1 Å². The van der Waals surface area contributed by atoms with Gasteiger partial charge in [0.1, 0.15) is 16.5 Å². The Labute approximate surface area is 204 Å². The van der Waals surface area contributed by atoms with Crippen molar-refractivity contribution in [3.8, 4) is 22.5 Å². The van der Waals surface area contributed by atoms with E-state index in [4.69, 9.17) is 9.47 Å². The van der Waals surface area contributed by atoms with Gasteiger partial charge in [-0.1, -0.05) is 11.8 Å². The van der Waals surface area contributed by atoms with Crippen LogP contribution in [0.5, 0.6) is 5.75 Å². The Hall–Kier alpha value is -2.89. The van der Waals surface area contributed by atoms with E-state index in [2.05, 4.69) is 34.7 Å². The average molecular weight is 506 g/mol. The lowest BCUT2D eigenvalue weighted by Gasteiger charge is -2.19. The summed E-state index contributed by atoms with van der Waals surface area (Å²) in [4.78, 5) is 13.6. The minimum atomic E-state index is -4.34. The second-order valence-corrected chi connectivity index (χ2v) is 10.9. The van der Waals surface area contributed by atoms with Crippen molar-refractivity contribution in [1.29, 1.82) is 0 Å². The lowest BCUT2D eigenvalue weighted by Crippen LogP contribution is -2.29. The third-order valence-corrected chi connectivity index (χ3v) is 6.99. The molecule has 0 fully saturated rings. The zero-order valence-electron chi connectivity index (χ0n) is 19.2. The average Bonchev–Trinajstić information content (AvgIpc) is 3.26. The van der Waals surface area contributed by atoms with E-state index in [0.29, 0.717) is 11.3 Å². The molecule has 1 heterocycles. The highest BCUT2D eigenvalue weighted by Gasteiger charge is 2.29. The summed E-state index contributed by atoms with van der Waals surface area (Å²) in [5.74, 6) is 5.76. The molecule has 0 unspecified atom stereocenters. The van der Waals surface area contributed by atoms with Crippen LogP contribution in [0.15, 0.2) is 64.2 Å². The summed E-state index contributed by atoms with van der Waals surface area (Å²) in [7, 11) is -0.0447. The Morgan fingerprint density at radius 2 is 1.62 bits per heavy atom. The lowest BCUT2D eigenvalue weighted by molar-refractivity contribution is -0.154. The van der Waals surface area contributed by atoms with Crippen molar-refractivity contribution < 1.29 is 27.4 Å². The molecule has 34 heavy (non-hydrogen) atoms. The first-order valence-electron chi connectivity index (χ1n) is 10.3. The number of thioether (sulfide) groups is 1. The molecule has 0 spiro atoms. The highest BCUT2D eigenvalue weighted by molar-refractivity contribution is 8.00. The smallest absolute Gasteiger partial charge is 0.446 e. The first-order valence-corrected chi connectivity index (χ1v) is 12.5. The summed E-state index contributed by atoms with van der Waals surface area (Å²) >= 11 is -0.183. The number of hydrogen-bond donors (Lipinski definition) is 0. The van der Waals surface area contributed by atoms with Gasteiger partial charge in [-0.15, -0.1) is 0 Å². The largest absolute Gasteiger partial charge is 0.481 e. The second-order valence-electron chi connectivity index (χ2n) is 8.01. The fraction of sp³-hybridized carbons (Fsp3) is 0.269. The normalized spacial score (nSPS) is 11.5. The van der Waals surface area contributed by atoms with E-state index in [0.717, 1.165) is 11.1 Å². The lowest BCUT2D eigenvalue weighted by atomic mass is 10.1. The third-order valence-electron chi connectivity index (χ3n) is 4.57. The molecule has 2 aromatic carbocycles. The van der Waals surface area contributed by atoms with Crippen molar-refractivity contribution in [2.75, 3.05) is 6.61 Å². The van der Waals surface area contributed by atoms with Crippen molar-refractivity contribution in [1.82, 2.24) is 0 Å². The highest BCUT2D eigenvalue weighted by atomic mass is 32.2. The van der Waals surface area contributed by atoms with Gasteiger partial charge in [0.15, 0.2) is 17.1 Å². The van der Waals surface area contributed by atoms with Crippen LogP contribution >= 0.6 is 22.2 Å². The summed E-state index contributed by atoms with van der Waals surface area (Å²) in [5, 5.41) is 4.29. The van der Waals surface area contributed by atoms with E-state index in [9.17, 15) is 18.0 Å². The molecule has 0 aliphatic rings. The third kappa shape index (κ3) is 7.57. The van der Waals surface area contributed by atoms with Gasteiger partial charge in [0.2, 0.25) is 0 Å². The maximum absolute atomic E-state index is 12.4. The molecule has 0 bridgehead atoms. The van der Waals surface area contributed by atoms with Gasteiger partial charge in [-0.3, -0.25) is 0 Å². The molecule has 1 aromatic heterocycles. The van der Waals surface area contributed by atoms with E-state index >= 15 is 0 Å². The molecule has 3 nitrogen and oxygen atoms in total. The van der Waals surface area contributed by atoms with Gasteiger partial charge in [-0.2, -0.15) is 13.2 Å². The van der Waals surface area contributed by atoms with Crippen molar-refractivity contribution in [3.63, 3.8) is 0 Å². The number of halogens is 3. The molecule has 0 atom stereocenters. The number of hydrogen-bond acceptors (Lipinski definition) is 4. The first kappa shape index (κ1) is 25.7. The van der Waals surface area contributed by atoms with Crippen molar-refractivity contribution in [2.45, 2.75) is 43.7 Å². The molecule has 0 saturated carbocycles. The Morgan fingerprint density at radius 1 is 1.03 bits per heavy atom. The van der Waals surface area contributed by atoms with Gasteiger partial charge in [-0.05, 0) is 87.0 Å². The fourth-order valence-electron chi connectivity index (χ4n) is 3.17. The number of esters is 1. The van der Waals surface area contributed by atoms with Gasteiger partial charge in [0.05, 0.1) is 0 Å². The summed E-state index contributed by atoms with van der Waals surface area (Å²) in [5.41, 5.74) is -3.04. The standard InChI is InChI=1S/C26H24F3O3S2/c1-18-15-22(34-13-5-6-14-34)16-19(2)24(18)31-17-23(30)32-25(3,4)12-11-20-7-9-21(10-8-20)33-26(27,28)29/h5-10,13-16H,17H2,1-4H3/q+1. The second kappa shape index (κ2) is 10.6. The highest BCUT2D eigenvalue weighted by Crippen LogP contribution is 2.37. The van der Waals surface area contributed by atoms with Crippen LogP contribution < -0.4 is 4.74 Å². The van der Waals surface area contributed by atoms with Crippen LogP contribution in [0.1, 0.15) is 30.5 Å². The maximum Gasteiger partial charge on any atom is 0.446 e. The van der Waals surface area contributed by atoms with Crippen LogP contribution in [0.3, 0.4) is 0 Å². The number of ether oxygens (including phenoxy) is 2. The Bertz CT molecular complexity index is 1180. The van der Waals surface area contributed by atoms with E-state index in [1.54, 1.807) is 13.8 Å². The predicted octanol–water partition coefficient (Wildman–Crippen LogP) is 7.41. The topological polar surface area (TPSA) is 35.5 Å².